The van der Waals surface area contributed by atoms with Crippen LogP contribution < -0.4 is 5.32 Å². The van der Waals surface area contributed by atoms with Crippen molar-refractivity contribution in [2.45, 2.75) is 32.5 Å². The Morgan fingerprint density at radius 3 is 2.56 bits per heavy atom. The molecule has 1 N–H and O–H groups in total. The number of hydrogen-bond acceptors (Lipinski definition) is 3. The Labute approximate surface area is 164 Å². The lowest BCUT2D eigenvalue weighted by atomic mass is 9.95. The average Bonchev–Trinajstić information content (AvgIpc) is 2.63. The highest BCUT2D eigenvalue weighted by Crippen LogP contribution is 2.31. The molecule has 1 amide bonds. The minimum atomic E-state index is -4.31. The number of hydrogen-bond donors (Lipinski definition) is 1. The number of carbonyl (C=O) groups excluding carboxylic acids is 1. The van der Waals surface area contributed by atoms with Gasteiger partial charge in [-0.2, -0.15) is 13.2 Å². The van der Waals surface area contributed by atoms with E-state index in [2.05, 4.69) is 10.2 Å². The van der Waals surface area contributed by atoms with E-state index in [0.29, 0.717) is 18.7 Å². The van der Waals surface area contributed by atoms with E-state index in [0.717, 1.165) is 57.2 Å². The second-order valence-corrected chi connectivity index (χ2v) is 7.29. The van der Waals surface area contributed by atoms with Gasteiger partial charge in [0.15, 0.2) is 0 Å². The number of piperidine rings is 1. The van der Waals surface area contributed by atoms with Crippen molar-refractivity contribution in [3.63, 3.8) is 0 Å². The maximum atomic E-state index is 12.8. The van der Waals surface area contributed by atoms with Crippen LogP contribution in [0.4, 0.5) is 13.2 Å². The predicted molar refractivity (Wildman–Crippen MR) is 101 cm³/mol. The van der Waals surface area contributed by atoms with E-state index in [1.807, 2.05) is 4.90 Å². The van der Waals surface area contributed by atoms with Crippen molar-refractivity contribution in [3.05, 3.63) is 34.9 Å². The lowest BCUT2D eigenvalue weighted by Crippen LogP contribution is -2.51. The summed E-state index contributed by atoms with van der Waals surface area (Å²) < 4.78 is 38.5. The number of benzene rings is 1. The van der Waals surface area contributed by atoms with E-state index in [1.54, 1.807) is 13.0 Å². The molecule has 8 heteroatoms. The van der Waals surface area contributed by atoms with Gasteiger partial charge >= 0.3 is 6.18 Å². The number of halogens is 4. The zero-order valence-electron chi connectivity index (χ0n) is 15.5. The van der Waals surface area contributed by atoms with Gasteiger partial charge in [-0.3, -0.25) is 9.69 Å². The van der Waals surface area contributed by atoms with Crippen molar-refractivity contribution < 1.29 is 18.0 Å². The lowest BCUT2D eigenvalue weighted by molar-refractivity contribution is -0.138. The fourth-order valence-corrected chi connectivity index (χ4v) is 3.83. The summed E-state index contributed by atoms with van der Waals surface area (Å²) in [6.45, 7) is 7.07. The minimum absolute atomic E-state index is 0. The van der Waals surface area contributed by atoms with Crippen molar-refractivity contribution >= 4 is 18.3 Å². The smallest absolute Gasteiger partial charge is 0.340 e. The Balaban J connectivity index is 0.00000261. The molecule has 1 aromatic rings. The zero-order chi connectivity index (χ0) is 18.7. The van der Waals surface area contributed by atoms with Gasteiger partial charge in [0, 0.05) is 39.3 Å². The Morgan fingerprint density at radius 2 is 1.93 bits per heavy atom. The molecule has 0 radical (unpaired) electrons. The molecule has 4 nitrogen and oxygen atoms in total. The first-order chi connectivity index (χ1) is 12.3. The summed E-state index contributed by atoms with van der Waals surface area (Å²) in [6.07, 6.45) is -2.47. The Morgan fingerprint density at radius 1 is 1.22 bits per heavy atom. The standard InChI is InChI=1S/C19H26F3N3O.ClH/c1-14-11-17(19(20,21)22)5-4-15(14)12-24-8-2-3-16(13-24)18(26)25-9-6-23-7-10-25;/h4-5,11,16,23H,2-3,6-10,12-13H2,1H3;1H. The van der Waals surface area contributed by atoms with Gasteiger partial charge in [-0.1, -0.05) is 6.07 Å². The molecule has 1 aromatic carbocycles. The first-order valence-corrected chi connectivity index (χ1v) is 9.23. The van der Waals surface area contributed by atoms with Gasteiger partial charge in [-0.15, -0.1) is 12.4 Å². The van der Waals surface area contributed by atoms with Gasteiger partial charge in [0.1, 0.15) is 0 Å². The Kier molecular flexibility index (Phi) is 7.54. The van der Waals surface area contributed by atoms with E-state index < -0.39 is 11.7 Å². The van der Waals surface area contributed by atoms with Crippen LogP contribution in [0.5, 0.6) is 0 Å². The molecule has 2 saturated heterocycles. The zero-order valence-corrected chi connectivity index (χ0v) is 16.3. The maximum Gasteiger partial charge on any atom is 0.416 e. The van der Waals surface area contributed by atoms with Crippen LogP contribution >= 0.6 is 12.4 Å². The molecule has 0 spiro atoms. The molecule has 1 atom stereocenters. The van der Waals surface area contributed by atoms with Crippen LogP contribution in [0.25, 0.3) is 0 Å². The largest absolute Gasteiger partial charge is 0.416 e. The van der Waals surface area contributed by atoms with Crippen molar-refractivity contribution in [3.8, 4) is 0 Å². The molecule has 27 heavy (non-hydrogen) atoms. The third kappa shape index (κ3) is 5.59. The van der Waals surface area contributed by atoms with Crippen molar-refractivity contribution in [1.29, 1.82) is 0 Å². The number of rotatable bonds is 3. The minimum Gasteiger partial charge on any atom is -0.340 e. The quantitative estimate of drug-likeness (QED) is 0.839. The van der Waals surface area contributed by atoms with Crippen LogP contribution in [0.1, 0.15) is 29.5 Å². The lowest BCUT2D eigenvalue weighted by Gasteiger charge is -2.36. The van der Waals surface area contributed by atoms with Crippen LogP contribution in [0.3, 0.4) is 0 Å². The summed E-state index contributed by atoms with van der Waals surface area (Å²) in [5.74, 6) is 0.219. The molecule has 0 bridgehead atoms. The number of nitrogens with one attached hydrogen (secondary N) is 1. The van der Waals surface area contributed by atoms with Gasteiger partial charge in [0.05, 0.1) is 11.5 Å². The van der Waals surface area contributed by atoms with Crippen LogP contribution in [-0.4, -0.2) is 55.0 Å². The molecule has 3 rings (SSSR count). The monoisotopic (exact) mass is 405 g/mol. The van der Waals surface area contributed by atoms with Crippen LogP contribution in [0.2, 0.25) is 0 Å². The molecule has 2 aliphatic heterocycles. The fraction of sp³-hybridized carbons (Fsp3) is 0.632. The summed E-state index contributed by atoms with van der Waals surface area (Å²) in [5.41, 5.74) is 0.938. The summed E-state index contributed by atoms with van der Waals surface area (Å²) in [4.78, 5) is 16.9. The van der Waals surface area contributed by atoms with E-state index in [9.17, 15) is 18.0 Å². The molecule has 2 heterocycles. The Bertz CT molecular complexity index is 648. The highest BCUT2D eigenvalue weighted by molar-refractivity contribution is 5.85. The summed E-state index contributed by atoms with van der Waals surface area (Å²) in [5, 5.41) is 3.25. The topological polar surface area (TPSA) is 35.6 Å². The van der Waals surface area contributed by atoms with Crippen molar-refractivity contribution in [2.75, 3.05) is 39.3 Å². The van der Waals surface area contributed by atoms with Crippen LogP contribution in [-0.2, 0) is 17.5 Å². The van der Waals surface area contributed by atoms with E-state index in [4.69, 9.17) is 0 Å². The number of amides is 1. The highest BCUT2D eigenvalue weighted by atomic mass is 35.5. The number of alkyl halides is 3. The Hall–Kier alpha value is -1.31. The number of nitrogens with zero attached hydrogens (tertiary/aromatic N) is 2. The third-order valence-electron chi connectivity index (χ3n) is 5.35. The van der Waals surface area contributed by atoms with Gasteiger partial charge in [0.2, 0.25) is 5.91 Å². The molecular weight excluding hydrogens is 379 g/mol. The van der Waals surface area contributed by atoms with Gasteiger partial charge in [0.25, 0.3) is 0 Å². The molecule has 2 aliphatic rings. The maximum absolute atomic E-state index is 12.8. The molecular formula is C19H27ClF3N3O. The first-order valence-electron chi connectivity index (χ1n) is 9.23. The van der Waals surface area contributed by atoms with Gasteiger partial charge in [-0.25, -0.2) is 0 Å². The summed E-state index contributed by atoms with van der Waals surface area (Å²) >= 11 is 0. The SMILES string of the molecule is Cc1cc(C(F)(F)F)ccc1CN1CCCC(C(=O)N2CCNCC2)C1.Cl. The summed E-state index contributed by atoms with van der Waals surface area (Å²) in [6, 6.07) is 3.93. The van der Waals surface area contributed by atoms with Crippen molar-refractivity contribution in [2.24, 2.45) is 5.92 Å². The number of piperazine rings is 1. The van der Waals surface area contributed by atoms with E-state index in [1.165, 1.54) is 6.07 Å². The van der Waals surface area contributed by atoms with E-state index in [-0.39, 0.29) is 24.2 Å². The molecule has 2 fully saturated rings. The van der Waals surface area contributed by atoms with Gasteiger partial charge < -0.3 is 10.2 Å². The number of likely N-dealkylation sites (tertiary alicyclic amines) is 1. The second-order valence-electron chi connectivity index (χ2n) is 7.29. The molecule has 1 unspecified atom stereocenters. The fourth-order valence-electron chi connectivity index (χ4n) is 3.83. The van der Waals surface area contributed by atoms with E-state index >= 15 is 0 Å². The predicted octanol–water partition coefficient (Wildman–Crippen LogP) is 3.08. The summed E-state index contributed by atoms with van der Waals surface area (Å²) in [7, 11) is 0. The van der Waals surface area contributed by atoms with Crippen molar-refractivity contribution in [1.82, 2.24) is 15.1 Å². The van der Waals surface area contributed by atoms with Crippen LogP contribution in [0.15, 0.2) is 18.2 Å². The highest BCUT2D eigenvalue weighted by Gasteiger charge is 2.32. The number of carbonyl (C=O) groups is 1. The third-order valence-corrected chi connectivity index (χ3v) is 5.35. The van der Waals surface area contributed by atoms with Gasteiger partial charge in [-0.05, 0) is 49.6 Å². The molecule has 0 aromatic heterocycles. The second kappa shape index (κ2) is 9.26. The van der Waals surface area contributed by atoms with Crippen LogP contribution in [0, 0.1) is 12.8 Å². The number of aryl methyl sites for hydroxylation is 1. The average molecular weight is 406 g/mol. The molecule has 0 saturated carbocycles. The normalized spacial score (nSPS) is 21.6. The molecule has 0 aliphatic carbocycles. The molecule has 152 valence electrons. The first kappa shape index (κ1) is 22.0.